The molecule has 2 unspecified atom stereocenters. The largest absolute Gasteiger partial charge is 0.481 e. The minimum atomic E-state index is -0.776. The van der Waals surface area contributed by atoms with E-state index in [0.717, 1.165) is 18.7 Å². The van der Waals surface area contributed by atoms with Gasteiger partial charge in [-0.2, -0.15) is 0 Å². The summed E-state index contributed by atoms with van der Waals surface area (Å²) in [6.45, 7) is 8.18. The van der Waals surface area contributed by atoms with Crippen molar-refractivity contribution < 1.29 is 9.90 Å². The lowest BCUT2D eigenvalue weighted by atomic mass is 10.00. The standard InChI is InChI=1S/C16H25NO2/c1-5-12(2)10-17(4)11-14-6-8-15(9-7-14)13(3)16(18)19/h6-9,12-13H,5,10-11H2,1-4H3,(H,18,19). The van der Waals surface area contributed by atoms with Gasteiger partial charge in [0.2, 0.25) is 0 Å². The molecule has 0 heterocycles. The summed E-state index contributed by atoms with van der Waals surface area (Å²) >= 11 is 0. The number of carboxylic acid groups (broad SMARTS) is 1. The molecule has 0 saturated carbocycles. The maximum atomic E-state index is 10.9. The molecule has 0 bridgehead atoms. The molecule has 1 N–H and O–H groups in total. The number of aliphatic carboxylic acids is 1. The lowest BCUT2D eigenvalue weighted by Crippen LogP contribution is -2.23. The van der Waals surface area contributed by atoms with Crippen molar-refractivity contribution in [1.29, 1.82) is 0 Å². The fourth-order valence-electron chi connectivity index (χ4n) is 2.09. The smallest absolute Gasteiger partial charge is 0.310 e. The summed E-state index contributed by atoms with van der Waals surface area (Å²) < 4.78 is 0. The van der Waals surface area contributed by atoms with Crippen LogP contribution in [0.1, 0.15) is 44.2 Å². The van der Waals surface area contributed by atoms with E-state index in [1.165, 1.54) is 12.0 Å². The van der Waals surface area contributed by atoms with Crippen LogP contribution >= 0.6 is 0 Å². The van der Waals surface area contributed by atoms with Gasteiger partial charge in [0.25, 0.3) is 0 Å². The highest BCUT2D eigenvalue weighted by Crippen LogP contribution is 2.17. The number of benzene rings is 1. The fourth-order valence-corrected chi connectivity index (χ4v) is 2.09. The molecule has 0 spiro atoms. The van der Waals surface area contributed by atoms with Crippen molar-refractivity contribution in [2.75, 3.05) is 13.6 Å². The van der Waals surface area contributed by atoms with Crippen LogP contribution in [0.15, 0.2) is 24.3 Å². The van der Waals surface area contributed by atoms with Gasteiger partial charge in [-0.15, -0.1) is 0 Å². The number of nitrogens with zero attached hydrogens (tertiary/aromatic N) is 1. The molecule has 1 rings (SSSR count). The lowest BCUT2D eigenvalue weighted by Gasteiger charge is -2.20. The van der Waals surface area contributed by atoms with Crippen molar-refractivity contribution in [3.8, 4) is 0 Å². The number of hydrogen-bond donors (Lipinski definition) is 1. The predicted octanol–water partition coefficient (Wildman–Crippen LogP) is 3.35. The Kier molecular flexibility index (Phi) is 6.03. The molecule has 0 amide bonds. The van der Waals surface area contributed by atoms with Gasteiger partial charge in [0.15, 0.2) is 0 Å². The normalized spacial score (nSPS) is 14.4. The first-order valence-electron chi connectivity index (χ1n) is 6.94. The molecule has 0 saturated heterocycles. The van der Waals surface area contributed by atoms with Gasteiger partial charge >= 0.3 is 5.97 Å². The van der Waals surface area contributed by atoms with Crippen molar-refractivity contribution in [3.05, 3.63) is 35.4 Å². The van der Waals surface area contributed by atoms with Crippen LogP contribution in [0.5, 0.6) is 0 Å². The third-order valence-corrected chi connectivity index (χ3v) is 3.62. The van der Waals surface area contributed by atoms with Crippen LogP contribution in [0.25, 0.3) is 0 Å². The Balaban J connectivity index is 2.59. The third kappa shape index (κ3) is 5.03. The molecule has 1 aromatic carbocycles. The van der Waals surface area contributed by atoms with E-state index in [4.69, 9.17) is 5.11 Å². The maximum Gasteiger partial charge on any atom is 0.310 e. The minimum Gasteiger partial charge on any atom is -0.481 e. The van der Waals surface area contributed by atoms with Crippen LogP contribution in [0.2, 0.25) is 0 Å². The Morgan fingerprint density at radius 2 is 1.84 bits per heavy atom. The first kappa shape index (κ1) is 15.7. The van der Waals surface area contributed by atoms with Crippen LogP contribution in [0, 0.1) is 5.92 Å². The summed E-state index contributed by atoms with van der Waals surface area (Å²) in [5.74, 6) is -0.509. The molecule has 0 fully saturated rings. The number of carboxylic acids is 1. The van der Waals surface area contributed by atoms with Crippen LogP contribution < -0.4 is 0 Å². The van der Waals surface area contributed by atoms with Crippen LogP contribution in [0.3, 0.4) is 0 Å². The SMILES string of the molecule is CCC(C)CN(C)Cc1ccc(C(C)C(=O)O)cc1. The summed E-state index contributed by atoms with van der Waals surface area (Å²) in [6, 6.07) is 7.90. The van der Waals surface area contributed by atoms with E-state index in [-0.39, 0.29) is 0 Å². The maximum absolute atomic E-state index is 10.9. The molecular formula is C16H25NO2. The molecule has 0 radical (unpaired) electrons. The van der Waals surface area contributed by atoms with Gasteiger partial charge in [0.1, 0.15) is 0 Å². The second kappa shape index (κ2) is 7.29. The first-order valence-corrected chi connectivity index (χ1v) is 6.94. The molecule has 2 atom stereocenters. The average Bonchev–Trinajstić information content (AvgIpc) is 2.38. The van der Waals surface area contributed by atoms with Crippen molar-refractivity contribution in [3.63, 3.8) is 0 Å². The Bertz CT molecular complexity index is 400. The minimum absolute atomic E-state index is 0.438. The second-order valence-electron chi connectivity index (χ2n) is 5.51. The highest BCUT2D eigenvalue weighted by atomic mass is 16.4. The zero-order valence-electron chi connectivity index (χ0n) is 12.4. The Morgan fingerprint density at radius 3 is 2.32 bits per heavy atom. The average molecular weight is 263 g/mol. The number of rotatable bonds is 7. The molecule has 0 aromatic heterocycles. The number of carbonyl (C=O) groups is 1. The summed E-state index contributed by atoms with van der Waals surface area (Å²) in [6.07, 6.45) is 1.19. The quantitative estimate of drug-likeness (QED) is 0.820. The molecule has 3 nitrogen and oxygen atoms in total. The van der Waals surface area contributed by atoms with E-state index in [9.17, 15) is 4.79 Å². The Hall–Kier alpha value is -1.35. The molecule has 3 heteroatoms. The topological polar surface area (TPSA) is 40.5 Å². The monoisotopic (exact) mass is 263 g/mol. The summed E-state index contributed by atoms with van der Waals surface area (Å²) in [7, 11) is 2.12. The van der Waals surface area contributed by atoms with Crippen LogP contribution in [-0.2, 0) is 11.3 Å². The molecule has 1 aromatic rings. The van der Waals surface area contributed by atoms with Crippen molar-refractivity contribution >= 4 is 5.97 Å². The first-order chi connectivity index (χ1) is 8.93. The van der Waals surface area contributed by atoms with Gasteiger partial charge < -0.3 is 10.0 Å². The van der Waals surface area contributed by atoms with E-state index in [2.05, 4.69) is 25.8 Å². The van der Waals surface area contributed by atoms with Gasteiger partial charge in [-0.1, -0.05) is 44.5 Å². The van der Waals surface area contributed by atoms with E-state index < -0.39 is 11.9 Å². The van der Waals surface area contributed by atoms with Gasteiger partial charge in [-0.3, -0.25) is 4.79 Å². The molecule has 19 heavy (non-hydrogen) atoms. The third-order valence-electron chi connectivity index (χ3n) is 3.62. The van der Waals surface area contributed by atoms with Gasteiger partial charge in [-0.25, -0.2) is 0 Å². The Labute approximate surface area is 116 Å². The summed E-state index contributed by atoms with van der Waals surface area (Å²) in [4.78, 5) is 13.2. The van der Waals surface area contributed by atoms with Crippen molar-refractivity contribution in [2.45, 2.75) is 39.7 Å². The molecule has 0 aliphatic carbocycles. The molecule has 0 aliphatic rings. The fraction of sp³-hybridized carbons (Fsp3) is 0.562. The highest BCUT2D eigenvalue weighted by Gasteiger charge is 2.13. The van der Waals surface area contributed by atoms with Crippen LogP contribution in [0.4, 0.5) is 0 Å². The van der Waals surface area contributed by atoms with E-state index in [0.29, 0.717) is 5.92 Å². The summed E-state index contributed by atoms with van der Waals surface area (Å²) in [5.41, 5.74) is 2.09. The van der Waals surface area contributed by atoms with Gasteiger partial charge in [-0.05, 0) is 31.0 Å². The molecule has 0 aliphatic heterocycles. The van der Waals surface area contributed by atoms with Gasteiger partial charge in [0, 0.05) is 13.1 Å². The van der Waals surface area contributed by atoms with Crippen molar-refractivity contribution in [1.82, 2.24) is 4.90 Å². The zero-order chi connectivity index (χ0) is 14.4. The van der Waals surface area contributed by atoms with Crippen molar-refractivity contribution in [2.24, 2.45) is 5.92 Å². The molecule has 106 valence electrons. The van der Waals surface area contributed by atoms with Gasteiger partial charge in [0.05, 0.1) is 5.92 Å². The number of hydrogen-bond acceptors (Lipinski definition) is 2. The van der Waals surface area contributed by atoms with E-state index >= 15 is 0 Å². The van der Waals surface area contributed by atoms with E-state index in [1.54, 1.807) is 6.92 Å². The zero-order valence-corrected chi connectivity index (χ0v) is 12.4. The summed E-state index contributed by atoms with van der Waals surface area (Å²) in [5, 5.41) is 8.97. The Morgan fingerprint density at radius 1 is 1.26 bits per heavy atom. The lowest BCUT2D eigenvalue weighted by molar-refractivity contribution is -0.138. The predicted molar refractivity (Wildman–Crippen MR) is 78.3 cm³/mol. The molecular weight excluding hydrogens is 238 g/mol. The van der Waals surface area contributed by atoms with E-state index in [1.807, 2.05) is 24.3 Å². The second-order valence-corrected chi connectivity index (χ2v) is 5.51. The van der Waals surface area contributed by atoms with Crippen LogP contribution in [-0.4, -0.2) is 29.6 Å². The highest BCUT2D eigenvalue weighted by molar-refractivity contribution is 5.75.